The molecule has 42 heavy (non-hydrogen) atoms. The van der Waals surface area contributed by atoms with Crippen LogP contribution in [0.1, 0.15) is 22.3 Å². The molecule has 0 atom stereocenters. The number of nitrogens with zero attached hydrogens (tertiary/aromatic N) is 2. The van der Waals surface area contributed by atoms with Crippen LogP contribution in [0.5, 0.6) is 5.75 Å². The summed E-state index contributed by atoms with van der Waals surface area (Å²) in [5, 5.41) is 6.38. The number of carbonyl (C=O) groups excluding carboxylic acids is 1. The van der Waals surface area contributed by atoms with Gasteiger partial charge in [-0.05, 0) is 83.8 Å². The number of amides is 1. The van der Waals surface area contributed by atoms with Gasteiger partial charge in [0.15, 0.2) is 0 Å². The van der Waals surface area contributed by atoms with Crippen molar-refractivity contribution in [3.05, 3.63) is 138 Å². The van der Waals surface area contributed by atoms with E-state index in [1.807, 2.05) is 68.4 Å². The number of fused-ring (bicyclic) bond motifs is 1. The maximum absolute atomic E-state index is 13.5. The van der Waals surface area contributed by atoms with Gasteiger partial charge in [-0.3, -0.25) is 9.10 Å². The monoisotopic (exact) mass is 577 g/mol. The number of benzene rings is 5. The fourth-order valence-electron chi connectivity index (χ4n) is 4.68. The zero-order chi connectivity index (χ0) is 29.5. The summed E-state index contributed by atoms with van der Waals surface area (Å²) in [6.07, 6.45) is 1.50. The molecule has 0 aliphatic rings. The lowest BCUT2D eigenvalue weighted by Crippen LogP contribution is -2.40. The van der Waals surface area contributed by atoms with Gasteiger partial charge >= 0.3 is 0 Å². The van der Waals surface area contributed by atoms with Crippen LogP contribution in [0, 0.1) is 13.8 Å². The second-order valence-electron chi connectivity index (χ2n) is 9.90. The zero-order valence-corrected chi connectivity index (χ0v) is 24.2. The number of hydrogen-bond donors (Lipinski definition) is 1. The van der Waals surface area contributed by atoms with Crippen LogP contribution in [0.4, 0.5) is 5.69 Å². The van der Waals surface area contributed by atoms with Crippen molar-refractivity contribution < 1.29 is 17.9 Å². The van der Waals surface area contributed by atoms with Gasteiger partial charge in [-0.2, -0.15) is 5.10 Å². The number of anilines is 1. The van der Waals surface area contributed by atoms with E-state index in [4.69, 9.17) is 4.74 Å². The Labute approximate surface area is 246 Å². The van der Waals surface area contributed by atoms with Crippen molar-refractivity contribution in [3.63, 3.8) is 0 Å². The summed E-state index contributed by atoms with van der Waals surface area (Å²) in [6.45, 7) is 3.76. The standard InChI is InChI=1S/C34H31N3O4S/c1-25-15-20-33(26(2)21-25)37(42(39,40)31-12-4-3-5-13-31)23-34(38)36-35-22-27-16-18-30(19-17-27)41-24-29-11-8-10-28-9-6-7-14-32(28)29/h3-22H,23-24H2,1-2H3,(H,36,38)/b35-22+. The summed E-state index contributed by atoms with van der Waals surface area (Å²) < 4.78 is 34.2. The Balaban J connectivity index is 1.23. The highest BCUT2D eigenvalue weighted by molar-refractivity contribution is 7.92. The molecule has 0 fully saturated rings. The van der Waals surface area contributed by atoms with Crippen molar-refractivity contribution in [3.8, 4) is 5.75 Å². The second kappa shape index (κ2) is 12.7. The van der Waals surface area contributed by atoms with Crippen LogP contribution < -0.4 is 14.5 Å². The number of sulfonamides is 1. The average molecular weight is 578 g/mol. The van der Waals surface area contributed by atoms with Crippen LogP contribution in [-0.4, -0.2) is 27.1 Å². The largest absolute Gasteiger partial charge is 0.489 e. The van der Waals surface area contributed by atoms with E-state index in [0.717, 1.165) is 31.9 Å². The number of hydrazone groups is 1. The van der Waals surface area contributed by atoms with Crippen LogP contribution in [0.15, 0.2) is 125 Å². The molecule has 0 aromatic heterocycles. The molecular weight excluding hydrogens is 546 g/mol. The van der Waals surface area contributed by atoms with Gasteiger partial charge in [0.2, 0.25) is 0 Å². The SMILES string of the molecule is Cc1ccc(N(CC(=O)N/N=C/c2ccc(OCc3cccc4ccccc34)cc2)S(=O)(=O)c2ccccc2)c(C)c1. The molecule has 0 aliphatic heterocycles. The number of nitrogens with one attached hydrogen (secondary N) is 1. The Hall–Kier alpha value is -4.95. The third-order valence-electron chi connectivity index (χ3n) is 6.80. The van der Waals surface area contributed by atoms with E-state index in [1.165, 1.54) is 23.7 Å². The van der Waals surface area contributed by atoms with E-state index in [9.17, 15) is 13.2 Å². The predicted molar refractivity (Wildman–Crippen MR) is 167 cm³/mol. The lowest BCUT2D eigenvalue weighted by atomic mass is 10.1. The summed E-state index contributed by atoms with van der Waals surface area (Å²) >= 11 is 0. The zero-order valence-electron chi connectivity index (χ0n) is 23.4. The summed E-state index contributed by atoms with van der Waals surface area (Å²) in [7, 11) is -4.00. The van der Waals surface area contributed by atoms with Gasteiger partial charge in [0, 0.05) is 0 Å². The number of aryl methyl sites for hydroxylation is 2. The summed E-state index contributed by atoms with van der Waals surface area (Å²) in [5.41, 5.74) is 6.48. The van der Waals surface area contributed by atoms with E-state index in [-0.39, 0.29) is 4.90 Å². The highest BCUT2D eigenvalue weighted by Crippen LogP contribution is 2.27. The fraction of sp³-hybridized carbons (Fsp3) is 0.118. The number of ether oxygens (including phenoxy) is 1. The first-order chi connectivity index (χ1) is 20.3. The third-order valence-corrected chi connectivity index (χ3v) is 8.57. The van der Waals surface area contributed by atoms with Crippen molar-refractivity contribution in [2.45, 2.75) is 25.3 Å². The Morgan fingerprint density at radius 2 is 1.57 bits per heavy atom. The topological polar surface area (TPSA) is 88.1 Å². The Morgan fingerprint density at radius 3 is 2.33 bits per heavy atom. The van der Waals surface area contributed by atoms with E-state index >= 15 is 0 Å². The number of carbonyl (C=O) groups is 1. The van der Waals surface area contributed by atoms with E-state index in [0.29, 0.717) is 18.0 Å². The average Bonchev–Trinajstić information content (AvgIpc) is 3.00. The molecular formula is C34H31N3O4S. The van der Waals surface area contributed by atoms with Gasteiger partial charge in [0.1, 0.15) is 18.9 Å². The normalized spacial score (nSPS) is 11.5. The molecule has 1 amide bonds. The minimum absolute atomic E-state index is 0.101. The summed E-state index contributed by atoms with van der Waals surface area (Å²) in [4.78, 5) is 13.0. The smallest absolute Gasteiger partial charge is 0.264 e. The first-order valence-corrected chi connectivity index (χ1v) is 14.9. The lowest BCUT2D eigenvalue weighted by Gasteiger charge is -2.25. The molecule has 5 aromatic rings. The van der Waals surface area contributed by atoms with Crippen molar-refractivity contribution in [2.75, 3.05) is 10.8 Å². The Bertz CT molecular complexity index is 1830. The van der Waals surface area contributed by atoms with Crippen LogP contribution in [-0.2, 0) is 21.4 Å². The highest BCUT2D eigenvalue weighted by Gasteiger charge is 2.28. The quantitative estimate of drug-likeness (QED) is 0.154. The molecule has 212 valence electrons. The minimum atomic E-state index is -4.00. The summed E-state index contributed by atoms with van der Waals surface area (Å²) in [6, 6.07) is 35.2. The number of hydrogen-bond acceptors (Lipinski definition) is 5. The van der Waals surface area contributed by atoms with Gasteiger partial charge in [-0.25, -0.2) is 13.8 Å². The molecule has 0 saturated carbocycles. The molecule has 5 rings (SSSR count). The molecule has 0 unspecified atom stereocenters. The second-order valence-corrected chi connectivity index (χ2v) is 11.8. The first-order valence-electron chi connectivity index (χ1n) is 13.5. The minimum Gasteiger partial charge on any atom is -0.489 e. The van der Waals surface area contributed by atoms with Gasteiger partial charge in [-0.15, -0.1) is 0 Å². The van der Waals surface area contributed by atoms with E-state index < -0.39 is 22.5 Å². The van der Waals surface area contributed by atoms with Crippen LogP contribution >= 0.6 is 0 Å². The molecule has 0 heterocycles. The molecule has 7 nitrogen and oxygen atoms in total. The fourth-order valence-corrected chi connectivity index (χ4v) is 6.19. The van der Waals surface area contributed by atoms with Gasteiger partial charge in [0.25, 0.3) is 15.9 Å². The van der Waals surface area contributed by atoms with Crippen molar-refractivity contribution >= 4 is 38.6 Å². The van der Waals surface area contributed by atoms with Crippen LogP contribution in [0.25, 0.3) is 10.8 Å². The number of rotatable bonds is 10. The van der Waals surface area contributed by atoms with Gasteiger partial charge < -0.3 is 4.74 Å². The maximum Gasteiger partial charge on any atom is 0.264 e. The highest BCUT2D eigenvalue weighted by atomic mass is 32.2. The van der Waals surface area contributed by atoms with Crippen LogP contribution in [0.2, 0.25) is 0 Å². The summed E-state index contributed by atoms with van der Waals surface area (Å²) in [5.74, 6) is 0.139. The van der Waals surface area contributed by atoms with Crippen molar-refractivity contribution in [2.24, 2.45) is 5.10 Å². The van der Waals surface area contributed by atoms with Gasteiger partial charge in [0.05, 0.1) is 16.8 Å². The molecule has 1 N–H and O–H groups in total. The molecule has 0 radical (unpaired) electrons. The van der Waals surface area contributed by atoms with Gasteiger partial charge in [-0.1, -0.05) is 78.4 Å². The van der Waals surface area contributed by atoms with E-state index in [2.05, 4.69) is 34.8 Å². The van der Waals surface area contributed by atoms with E-state index in [1.54, 1.807) is 24.3 Å². The van der Waals surface area contributed by atoms with Crippen molar-refractivity contribution in [1.82, 2.24) is 5.43 Å². The predicted octanol–water partition coefficient (Wildman–Crippen LogP) is 6.38. The molecule has 8 heteroatoms. The maximum atomic E-state index is 13.5. The third kappa shape index (κ3) is 6.67. The van der Waals surface area contributed by atoms with Crippen LogP contribution in [0.3, 0.4) is 0 Å². The Morgan fingerprint density at radius 1 is 0.857 bits per heavy atom. The molecule has 0 aliphatic carbocycles. The molecule has 5 aromatic carbocycles. The lowest BCUT2D eigenvalue weighted by molar-refractivity contribution is -0.119. The molecule has 0 bridgehead atoms. The molecule has 0 saturated heterocycles. The molecule has 0 spiro atoms. The van der Waals surface area contributed by atoms with Crippen molar-refractivity contribution in [1.29, 1.82) is 0 Å². The first kappa shape index (κ1) is 28.6. The Kier molecular flexibility index (Phi) is 8.64.